The topological polar surface area (TPSA) is 67.7 Å². The SMILES string of the molecule is C[NH+](C)CCOC(=O)C(C#N)=Cc1ccc(-c2cccc(Cl)c2)o1. The van der Waals surface area contributed by atoms with Gasteiger partial charge in [0.25, 0.3) is 0 Å². The maximum absolute atomic E-state index is 11.9. The number of carbonyl (C=O) groups excluding carboxylic acids is 1. The number of nitrogens with one attached hydrogen (secondary N) is 1. The number of hydrogen-bond donors (Lipinski definition) is 1. The monoisotopic (exact) mass is 345 g/mol. The van der Waals surface area contributed by atoms with Crippen molar-refractivity contribution in [2.45, 2.75) is 0 Å². The first-order chi connectivity index (χ1) is 11.5. The van der Waals surface area contributed by atoms with Crippen molar-refractivity contribution in [3.8, 4) is 17.4 Å². The van der Waals surface area contributed by atoms with Crippen LogP contribution in [0.1, 0.15) is 5.76 Å². The van der Waals surface area contributed by atoms with Crippen molar-refractivity contribution >= 4 is 23.6 Å². The standard InChI is InChI=1S/C18H17ClN2O3/c1-21(2)8-9-23-18(22)14(12-20)11-16-6-7-17(24-16)13-4-3-5-15(19)10-13/h3-7,10-11H,8-9H2,1-2H3/p+1. The maximum atomic E-state index is 11.9. The van der Waals surface area contributed by atoms with Gasteiger partial charge >= 0.3 is 5.97 Å². The molecule has 0 fully saturated rings. The van der Waals surface area contributed by atoms with Crippen LogP contribution in [0, 0.1) is 11.3 Å². The summed E-state index contributed by atoms with van der Waals surface area (Å²) in [5.41, 5.74) is 0.716. The molecule has 0 atom stereocenters. The number of ether oxygens (including phenoxy) is 1. The molecular weight excluding hydrogens is 328 g/mol. The van der Waals surface area contributed by atoms with Gasteiger partial charge in [0.1, 0.15) is 36.3 Å². The van der Waals surface area contributed by atoms with Crippen LogP contribution >= 0.6 is 11.6 Å². The lowest BCUT2D eigenvalue weighted by molar-refractivity contribution is -0.858. The largest absolute Gasteiger partial charge is 0.457 e. The van der Waals surface area contributed by atoms with E-state index in [0.717, 1.165) is 10.5 Å². The summed E-state index contributed by atoms with van der Waals surface area (Å²) in [4.78, 5) is 13.1. The van der Waals surface area contributed by atoms with Gasteiger partial charge in [-0.15, -0.1) is 0 Å². The molecule has 2 aromatic rings. The Bertz CT molecular complexity index is 788. The van der Waals surface area contributed by atoms with E-state index in [2.05, 4.69) is 0 Å². The number of benzene rings is 1. The van der Waals surface area contributed by atoms with Gasteiger partial charge in [-0.05, 0) is 24.3 Å². The van der Waals surface area contributed by atoms with Crippen LogP contribution < -0.4 is 4.90 Å². The Balaban J connectivity index is 2.11. The Morgan fingerprint density at radius 1 is 1.38 bits per heavy atom. The fraction of sp³-hybridized carbons (Fsp3) is 0.222. The molecular formula is C18H18ClN2O3+. The smallest absolute Gasteiger partial charge is 0.349 e. The summed E-state index contributed by atoms with van der Waals surface area (Å²) in [6.07, 6.45) is 1.37. The van der Waals surface area contributed by atoms with Crippen molar-refractivity contribution < 1.29 is 18.8 Å². The number of halogens is 1. The molecule has 0 amide bonds. The molecule has 1 aromatic carbocycles. The molecule has 0 saturated carbocycles. The molecule has 1 aromatic heterocycles. The Kier molecular flexibility index (Phi) is 6.19. The van der Waals surface area contributed by atoms with Crippen molar-refractivity contribution in [1.29, 1.82) is 5.26 Å². The third-order valence-corrected chi connectivity index (χ3v) is 3.43. The third kappa shape index (κ3) is 4.98. The molecule has 0 saturated heterocycles. The first-order valence-electron chi connectivity index (χ1n) is 7.43. The molecule has 1 heterocycles. The van der Waals surface area contributed by atoms with E-state index >= 15 is 0 Å². The average molecular weight is 346 g/mol. The highest BCUT2D eigenvalue weighted by Gasteiger charge is 2.13. The number of likely N-dealkylation sites (N-methyl/N-ethyl adjacent to an activating group) is 1. The molecule has 6 heteroatoms. The highest BCUT2D eigenvalue weighted by molar-refractivity contribution is 6.30. The highest BCUT2D eigenvalue weighted by atomic mass is 35.5. The van der Waals surface area contributed by atoms with Crippen LogP contribution in [0.25, 0.3) is 17.4 Å². The van der Waals surface area contributed by atoms with Crippen LogP contribution in [0.4, 0.5) is 0 Å². The van der Waals surface area contributed by atoms with E-state index in [9.17, 15) is 4.79 Å². The minimum atomic E-state index is -0.653. The van der Waals surface area contributed by atoms with Crippen LogP contribution in [0.2, 0.25) is 5.02 Å². The molecule has 5 nitrogen and oxygen atoms in total. The summed E-state index contributed by atoms with van der Waals surface area (Å²) in [6.45, 7) is 0.927. The first-order valence-corrected chi connectivity index (χ1v) is 7.81. The Labute approximate surface area is 145 Å². The van der Waals surface area contributed by atoms with Crippen LogP contribution in [0.3, 0.4) is 0 Å². The van der Waals surface area contributed by atoms with Gasteiger partial charge in [0.15, 0.2) is 0 Å². The second-order valence-electron chi connectivity index (χ2n) is 5.48. The van der Waals surface area contributed by atoms with Gasteiger partial charge in [0, 0.05) is 16.7 Å². The summed E-state index contributed by atoms with van der Waals surface area (Å²) in [7, 11) is 3.91. The lowest BCUT2D eigenvalue weighted by Crippen LogP contribution is -3.06. The van der Waals surface area contributed by atoms with Gasteiger partial charge in [-0.2, -0.15) is 5.26 Å². The van der Waals surface area contributed by atoms with Gasteiger partial charge in [-0.1, -0.05) is 23.7 Å². The van der Waals surface area contributed by atoms with E-state index in [1.807, 2.05) is 32.3 Å². The maximum Gasteiger partial charge on any atom is 0.349 e. The molecule has 0 aliphatic heterocycles. The summed E-state index contributed by atoms with van der Waals surface area (Å²) in [5.74, 6) is 0.349. The Morgan fingerprint density at radius 3 is 2.83 bits per heavy atom. The fourth-order valence-electron chi connectivity index (χ4n) is 1.93. The van der Waals surface area contributed by atoms with Crippen molar-refractivity contribution in [1.82, 2.24) is 0 Å². The molecule has 0 radical (unpaired) electrons. The van der Waals surface area contributed by atoms with Crippen molar-refractivity contribution in [3.63, 3.8) is 0 Å². The summed E-state index contributed by atoms with van der Waals surface area (Å²) >= 11 is 5.96. The zero-order chi connectivity index (χ0) is 17.5. The zero-order valence-corrected chi connectivity index (χ0v) is 14.3. The van der Waals surface area contributed by atoms with Gasteiger partial charge in [-0.3, -0.25) is 0 Å². The minimum Gasteiger partial charge on any atom is -0.457 e. The molecule has 0 bridgehead atoms. The van der Waals surface area contributed by atoms with Crippen molar-refractivity contribution in [2.24, 2.45) is 0 Å². The molecule has 1 N–H and O–H groups in total. The quantitative estimate of drug-likeness (QED) is 0.495. The number of quaternary nitrogens is 1. The van der Waals surface area contributed by atoms with E-state index in [0.29, 0.717) is 23.1 Å². The fourth-order valence-corrected chi connectivity index (χ4v) is 2.12. The first kappa shape index (κ1) is 17.8. The van der Waals surface area contributed by atoms with Crippen LogP contribution in [-0.4, -0.2) is 33.2 Å². The molecule has 0 spiro atoms. The number of furan rings is 1. The summed E-state index contributed by atoms with van der Waals surface area (Å²) in [6, 6.07) is 12.5. The normalized spacial score (nSPS) is 11.4. The van der Waals surface area contributed by atoms with Gasteiger partial charge in [0.05, 0.1) is 14.1 Å². The Hall–Kier alpha value is -2.55. The summed E-state index contributed by atoms with van der Waals surface area (Å²) < 4.78 is 10.7. The number of nitrogens with zero attached hydrogens (tertiary/aromatic N) is 1. The molecule has 24 heavy (non-hydrogen) atoms. The number of rotatable bonds is 6. The molecule has 2 rings (SSSR count). The molecule has 0 unspecified atom stereocenters. The second-order valence-corrected chi connectivity index (χ2v) is 5.91. The van der Waals surface area contributed by atoms with Crippen LogP contribution in [0.15, 0.2) is 46.4 Å². The van der Waals surface area contributed by atoms with Crippen molar-refractivity contribution in [2.75, 3.05) is 27.2 Å². The Morgan fingerprint density at radius 2 is 2.17 bits per heavy atom. The van der Waals surface area contributed by atoms with E-state index in [4.69, 9.17) is 26.0 Å². The predicted molar refractivity (Wildman–Crippen MR) is 91.4 cm³/mol. The van der Waals surface area contributed by atoms with Gasteiger partial charge < -0.3 is 14.1 Å². The molecule has 124 valence electrons. The van der Waals surface area contributed by atoms with Gasteiger partial charge in [0.2, 0.25) is 0 Å². The third-order valence-electron chi connectivity index (χ3n) is 3.20. The average Bonchev–Trinajstić information content (AvgIpc) is 3.00. The zero-order valence-electron chi connectivity index (χ0n) is 13.5. The lowest BCUT2D eigenvalue weighted by atomic mass is 10.2. The van der Waals surface area contributed by atoms with Crippen LogP contribution in [-0.2, 0) is 9.53 Å². The predicted octanol–water partition coefficient (Wildman–Crippen LogP) is 2.19. The minimum absolute atomic E-state index is 0.101. The van der Waals surface area contributed by atoms with Crippen molar-refractivity contribution in [3.05, 3.63) is 52.8 Å². The van der Waals surface area contributed by atoms with Gasteiger partial charge in [-0.25, -0.2) is 4.79 Å². The number of hydrogen-bond acceptors (Lipinski definition) is 4. The lowest BCUT2D eigenvalue weighted by Gasteiger charge is -2.07. The number of esters is 1. The van der Waals surface area contributed by atoms with E-state index < -0.39 is 5.97 Å². The van der Waals surface area contributed by atoms with E-state index in [1.165, 1.54) is 6.08 Å². The second kappa shape index (κ2) is 8.34. The van der Waals surface area contributed by atoms with Crippen LogP contribution in [0.5, 0.6) is 0 Å². The van der Waals surface area contributed by atoms with E-state index in [1.54, 1.807) is 24.3 Å². The molecule has 0 aliphatic rings. The number of carbonyl (C=O) groups is 1. The van der Waals surface area contributed by atoms with E-state index in [-0.39, 0.29) is 12.2 Å². The summed E-state index contributed by atoms with van der Waals surface area (Å²) in [5, 5.41) is 9.75. The number of nitriles is 1. The molecule has 0 aliphatic carbocycles. The highest BCUT2D eigenvalue weighted by Crippen LogP contribution is 2.25.